The van der Waals surface area contributed by atoms with Crippen LogP contribution >= 0.6 is 23.2 Å². The number of hydrogen-bond acceptors (Lipinski definition) is 4. The number of rotatable bonds is 2. The molecule has 0 aromatic carbocycles. The zero-order valence-electron chi connectivity index (χ0n) is 11.4. The van der Waals surface area contributed by atoms with Crippen molar-refractivity contribution in [2.45, 2.75) is 18.1 Å². The van der Waals surface area contributed by atoms with Crippen molar-refractivity contribution in [1.82, 2.24) is 0 Å². The Morgan fingerprint density at radius 2 is 1.76 bits per heavy atom. The van der Waals surface area contributed by atoms with E-state index in [4.69, 9.17) is 23.2 Å². The van der Waals surface area contributed by atoms with Crippen molar-refractivity contribution in [2.75, 3.05) is 11.8 Å². The molecule has 4 aliphatic rings. The summed E-state index contributed by atoms with van der Waals surface area (Å²) in [5.41, 5.74) is -4.33. The first-order valence-electron chi connectivity index (χ1n) is 6.78. The van der Waals surface area contributed by atoms with E-state index < -0.39 is 40.2 Å². The van der Waals surface area contributed by atoms with E-state index in [0.29, 0.717) is 0 Å². The number of alkyl halides is 2. The average Bonchev–Trinajstić information content (AvgIpc) is 2.47. The molecule has 6 heteroatoms. The minimum Gasteiger partial charge on any atom is -0.380 e. The van der Waals surface area contributed by atoms with Crippen molar-refractivity contribution < 1.29 is 19.8 Å². The second-order valence-electron chi connectivity index (χ2n) is 6.41. The van der Waals surface area contributed by atoms with Gasteiger partial charge in [-0.2, -0.15) is 0 Å². The standard InChI is InChI=1S/C15H16Cl2O4/c1-13-5-4-10(18)15(21,7-17)11(13)8-2-3-9(13)12(19)14(8,20)6-16/h2-5,8-9,11,20-21H,6-7H2,1H3. The molecule has 6 unspecified atom stereocenters. The van der Waals surface area contributed by atoms with Gasteiger partial charge in [0.25, 0.3) is 0 Å². The molecule has 1 saturated carbocycles. The molecule has 0 saturated heterocycles. The van der Waals surface area contributed by atoms with Crippen molar-refractivity contribution in [2.24, 2.45) is 23.2 Å². The lowest BCUT2D eigenvalue weighted by molar-refractivity contribution is -0.186. The van der Waals surface area contributed by atoms with E-state index >= 15 is 0 Å². The van der Waals surface area contributed by atoms with E-state index in [-0.39, 0.29) is 17.5 Å². The second kappa shape index (κ2) is 4.42. The molecular formula is C15H16Cl2O4. The third-order valence-corrected chi connectivity index (χ3v) is 6.23. The van der Waals surface area contributed by atoms with Gasteiger partial charge in [0.1, 0.15) is 11.2 Å². The zero-order chi connectivity index (χ0) is 15.6. The molecule has 21 heavy (non-hydrogen) atoms. The second-order valence-corrected chi connectivity index (χ2v) is 6.94. The van der Waals surface area contributed by atoms with Gasteiger partial charge in [0.2, 0.25) is 0 Å². The summed E-state index contributed by atoms with van der Waals surface area (Å²) in [7, 11) is 0. The van der Waals surface area contributed by atoms with Crippen molar-refractivity contribution in [3.05, 3.63) is 24.3 Å². The maximum absolute atomic E-state index is 12.6. The molecule has 114 valence electrons. The van der Waals surface area contributed by atoms with Gasteiger partial charge in [-0.25, -0.2) is 0 Å². The number of ketones is 2. The molecule has 6 atom stereocenters. The first kappa shape index (κ1) is 15.2. The minimum atomic E-state index is -1.81. The number of Topliss-reactive ketones (excluding diaryl/α,β-unsaturated/α-hetero) is 1. The first-order chi connectivity index (χ1) is 9.75. The lowest BCUT2D eigenvalue weighted by Gasteiger charge is -2.61. The van der Waals surface area contributed by atoms with E-state index in [0.717, 1.165) is 0 Å². The molecule has 0 spiro atoms. The topological polar surface area (TPSA) is 74.6 Å². The summed E-state index contributed by atoms with van der Waals surface area (Å²) in [6.45, 7) is 1.81. The maximum Gasteiger partial charge on any atom is 0.188 e. The molecule has 4 aliphatic carbocycles. The number of fused-ring (bicyclic) bond motifs is 1. The van der Waals surface area contributed by atoms with Crippen LogP contribution in [0.15, 0.2) is 24.3 Å². The van der Waals surface area contributed by atoms with Crippen molar-refractivity contribution in [3.63, 3.8) is 0 Å². The summed E-state index contributed by atoms with van der Waals surface area (Å²) in [6, 6.07) is 0. The Hall–Kier alpha value is -0.680. The highest BCUT2D eigenvalue weighted by atomic mass is 35.5. The van der Waals surface area contributed by atoms with Crippen LogP contribution in [-0.4, -0.2) is 44.7 Å². The molecule has 4 nitrogen and oxygen atoms in total. The number of hydrogen-bond donors (Lipinski definition) is 2. The van der Waals surface area contributed by atoms with Crippen molar-refractivity contribution in [1.29, 1.82) is 0 Å². The Balaban J connectivity index is 2.25. The summed E-state index contributed by atoms with van der Waals surface area (Å²) in [5, 5.41) is 21.5. The summed E-state index contributed by atoms with van der Waals surface area (Å²) in [6.07, 6.45) is 6.37. The van der Waals surface area contributed by atoms with Crippen LogP contribution in [0.25, 0.3) is 0 Å². The molecule has 0 amide bonds. The van der Waals surface area contributed by atoms with Crippen LogP contribution in [0, 0.1) is 23.2 Å². The highest BCUT2D eigenvalue weighted by Gasteiger charge is 2.69. The highest BCUT2D eigenvalue weighted by Crippen LogP contribution is 2.60. The van der Waals surface area contributed by atoms with Gasteiger partial charge in [-0.1, -0.05) is 25.2 Å². The Kier molecular flexibility index (Phi) is 3.20. The maximum atomic E-state index is 12.6. The summed E-state index contributed by atoms with van der Waals surface area (Å²) < 4.78 is 0. The monoisotopic (exact) mass is 330 g/mol. The fourth-order valence-electron chi connectivity index (χ4n) is 4.24. The normalized spacial score (nSPS) is 51.4. The number of carbonyl (C=O) groups excluding carboxylic acids is 2. The predicted molar refractivity (Wildman–Crippen MR) is 78.2 cm³/mol. The number of aliphatic hydroxyl groups is 2. The Labute approximate surface area is 132 Å². The van der Waals surface area contributed by atoms with E-state index in [1.54, 1.807) is 18.2 Å². The van der Waals surface area contributed by atoms with E-state index in [9.17, 15) is 19.8 Å². The molecule has 0 heterocycles. The van der Waals surface area contributed by atoms with Gasteiger partial charge in [-0.05, 0) is 6.08 Å². The van der Waals surface area contributed by atoms with Crippen molar-refractivity contribution >= 4 is 34.8 Å². The number of carbonyl (C=O) groups is 2. The smallest absolute Gasteiger partial charge is 0.188 e. The van der Waals surface area contributed by atoms with Gasteiger partial charge in [-0.15, -0.1) is 23.2 Å². The fourth-order valence-corrected chi connectivity index (χ4v) is 4.85. The third-order valence-electron chi connectivity index (χ3n) is 5.41. The molecule has 1 fully saturated rings. The molecule has 4 rings (SSSR count). The van der Waals surface area contributed by atoms with Gasteiger partial charge in [0.15, 0.2) is 11.6 Å². The van der Waals surface area contributed by atoms with Crippen LogP contribution in [0.2, 0.25) is 0 Å². The van der Waals surface area contributed by atoms with Crippen molar-refractivity contribution in [3.8, 4) is 0 Å². The SMILES string of the molecule is CC12C=CC(=O)C(O)(CCl)C1C1C=CC2C(=O)C1(O)CCl. The van der Waals surface area contributed by atoms with Crippen LogP contribution in [0.5, 0.6) is 0 Å². The molecule has 2 bridgehead atoms. The molecule has 0 aromatic rings. The fraction of sp³-hybridized carbons (Fsp3) is 0.600. The Morgan fingerprint density at radius 1 is 1.14 bits per heavy atom. The largest absolute Gasteiger partial charge is 0.380 e. The van der Waals surface area contributed by atoms with Gasteiger partial charge < -0.3 is 10.2 Å². The lowest BCUT2D eigenvalue weighted by Crippen LogP contribution is -2.72. The van der Waals surface area contributed by atoms with Crippen LogP contribution in [0.3, 0.4) is 0 Å². The van der Waals surface area contributed by atoms with Gasteiger partial charge in [-0.3, -0.25) is 9.59 Å². The van der Waals surface area contributed by atoms with Gasteiger partial charge in [0.05, 0.1) is 11.8 Å². The molecular weight excluding hydrogens is 315 g/mol. The summed E-state index contributed by atoms with van der Waals surface area (Å²) in [5.74, 6) is -3.48. The third kappa shape index (κ3) is 1.59. The Bertz CT molecular complexity index is 586. The minimum absolute atomic E-state index is 0.278. The van der Waals surface area contributed by atoms with E-state index in [2.05, 4.69) is 0 Å². The average molecular weight is 331 g/mol. The van der Waals surface area contributed by atoms with E-state index in [1.807, 2.05) is 6.92 Å². The first-order valence-corrected chi connectivity index (χ1v) is 7.85. The van der Waals surface area contributed by atoms with Gasteiger partial charge >= 0.3 is 0 Å². The Morgan fingerprint density at radius 3 is 2.33 bits per heavy atom. The molecule has 2 N–H and O–H groups in total. The van der Waals surface area contributed by atoms with Gasteiger partial charge in [0, 0.05) is 23.2 Å². The summed E-state index contributed by atoms with van der Waals surface area (Å²) in [4.78, 5) is 24.7. The van der Waals surface area contributed by atoms with Crippen LogP contribution in [0.4, 0.5) is 0 Å². The quantitative estimate of drug-likeness (QED) is 0.586. The summed E-state index contributed by atoms with van der Waals surface area (Å²) >= 11 is 11.7. The highest BCUT2D eigenvalue weighted by molar-refractivity contribution is 6.22. The lowest BCUT2D eigenvalue weighted by atomic mass is 9.44. The van der Waals surface area contributed by atoms with Crippen LogP contribution in [-0.2, 0) is 9.59 Å². The van der Waals surface area contributed by atoms with E-state index in [1.165, 1.54) is 6.08 Å². The van der Waals surface area contributed by atoms with Crippen LogP contribution < -0.4 is 0 Å². The molecule has 0 radical (unpaired) electrons. The number of allylic oxidation sites excluding steroid dienone is 2. The van der Waals surface area contributed by atoms with Crippen LogP contribution in [0.1, 0.15) is 6.92 Å². The predicted octanol–water partition coefficient (Wildman–Crippen LogP) is 1.07. The molecule has 0 aromatic heterocycles. The number of halogens is 2. The molecule has 0 aliphatic heterocycles. The zero-order valence-corrected chi connectivity index (χ0v) is 12.9.